The van der Waals surface area contributed by atoms with Crippen LogP contribution in [0.1, 0.15) is 13.8 Å². The molecule has 1 atom stereocenters. The van der Waals surface area contributed by atoms with E-state index in [4.69, 9.17) is 10.5 Å². The number of nitrogen functional groups attached to an aromatic ring is 1. The number of nitrogens with two attached hydrogens (primary N) is 1. The van der Waals surface area contributed by atoms with Crippen LogP contribution in [-0.2, 0) is 9.53 Å². The second kappa shape index (κ2) is 5.19. The van der Waals surface area contributed by atoms with Crippen molar-refractivity contribution in [2.24, 2.45) is 0 Å². The van der Waals surface area contributed by atoms with Gasteiger partial charge in [-0.2, -0.15) is 0 Å². The summed E-state index contributed by atoms with van der Waals surface area (Å²) in [6, 6.07) is 3.01. The second-order valence-corrected chi connectivity index (χ2v) is 3.09. The molecule has 1 aromatic heterocycles. The van der Waals surface area contributed by atoms with Crippen LogP contribution in [-0.4, -0.2) is 23.6 Å². The number of hydrogen-bond donors (Lipinski definition) is 2. The SMILES string of the molecule is CCOC(=O)C(C)Nc1ccc(N)cn1. The van der Waals surface area contributed by atoms with E-state index in [9.17, 15) is 4.79 Å². The zero-order valence-corrected chi connectivity index (χ0v) is 8.86. The zero-order chi connectivity index (χ0) is 11.3. The minimum Gasteiger partial charge on any atom is -0.464 e. The summed E-state index contributed by atoms with van der Waals surface area (Å²) in [4.78, 5) is 15.3. The second-order valence-electron chi connectivity index (χ2n) is 3.09. The van der Waals surface area contributed by atoms with Gasteiger partial charge in [-0.15, -0.1) is 0 Å². The highest BCUT2D eigenvalue weighted by Crippen LogP contribution is 2.07. The summed E-state index contributed by atoms with van der Waals surface area (Å²) in [5, 5.41) is 2.91. The van der Waals surface area contributed by atoms with Crippen LogP contribution in [0, 0.1) is 0 Å². The van der Waals surface area contributed by atoms with Crippen LogP contribution in [0.5, 0.6) is 0 Å². The molecule has 0 amide bonds. The molecule has 5 heteroatoms. The molecule has 0 radical (unpaired) electrons. The summed E-state index contributed by atoms with van der Waals surface area (Å²) in [6.07, 6.45) is 1.53. The van der Waals surface area contributed by atoms with Crippen molar-refractivity contribution in [1.29, 1.82) is 0 Å². The van der Waals surface area contributed by atoms with E-state index < -0.39 is 6.04 Å². The average Bonchev–Trinajstić information content (AvgIpc) is 2.22. The number of anilines is 2. The smallest absolute Gasteiger partial charge is 0.328 e. The monoisotopic (exact) mass is 209 g/mol. The van der Waals surface area contributed by atoms with Crippen molar-refractivity contribution in [3.8, 4) is 0 Å². The van der Waals surface area contributed by atoms with Crippen LogP contribution in [0.2, 0.25) is 0 Å². The van der Waals surface area contributed by atoms with Gasteiger partial charge < -0.3 is 15.8 Å². The van der Waals surface area contributed by atoms with Crippen molar-refractivity contribution < 1.29 is 9.53 Å². The van der Waals surface area contributed by atoms with Crippen LogP contribution in [0.4, 0.5) is 11.5 Å². The Hall–Kier alpha value is -1.78. The number of carbonyl (C=O) groups is 1. The van der Waals surface area contributed by atoms with Gasteiger partial charge in [0.25, 0.3) is 0 Å². The number of carbonyl (C=O) groups excluding carboxylic acids is 1. The Morgan fingerprint density at radius 1 is 1.67 bits per heavy atom. The van der Waals surface area contributed by atoms with Gasteiger partial charge in [-0.1, -0.05) is 0 Å². The Balaban J connectivity index is 2.54. The molecule has 15 heavy (non-hydrogen) atoms. The summed E-state index contributed by atoms with van der Waals surface area (Å²) in [5.41, 5.74) is 6.07. The number of rotatable bonds is 4. The molecule has 1 heterocycles. The number of pyridine rings is 1. The van der Waals surface area contributed by atoms with Gasteiger partial charge in [0, 0.05) is 0 Å². The van der Waals surface area contributed by atoms with Crippen LogP contribution in [0.15, 0.2) is 18.3 Å². The van der Waals surface area contributed by atoms with E-state index in [1.54, 1.807) is 26.0 Å². The van der Waals surface area contributed by atoms with E-state index in [2.05, 4.69) is 10.3 Å². The van der Waals surface area contributed by atoms with Crippen molar-refractivity contribution in [2.75, 3.05) is 17.7 Å². The first-order valence-electron chi connectivity index (χ1n) is 4.78. The fourth-order valence-electron chi connectivity index (χ4n) is 1.04. The zero-order valence-electron chi connectivity index (χ0n) is 8.86. The number of nitrogens with one attached hydrogen (secondary N) is 1. The Kier molecular flexibility index (Phi) is 3.91. The minimum absolute atomic E-state index is 0.295. The van der Waals surface area contributed by atoms with E-state index in [1.807, 2.05) is 0 Å². The Morgan fingerprint density at radius 3 is 2.93 bits per heavy atom. The van der Waals surface area contributed by atoms with Crippen molar-refractivity contribution in [1.82, 2.24) is 4.98 Å². The molecule has 0 aliphatic heterocycles. The van der Waals surface area contributed by atoms with Gasteiger partial charge in [0.05, 0.1) is 18.5 Å². The van der Waals surface area contributed by atoms with Gasteiger partial charge >= 0.3 is 5.97 Å². The number of nitrogens with zero attached hydrogens (tertiary/aromatic N) is 1. The lowest BCUT2D eigenvalue weighted by atomic mass is 10.3. The summed E-state index contributed by atoms with van der Waals surface area (Å²) in [7, 11) is 0. The van der Waals surface area contributed by atoms with Gasteiger partial charge in [-0.3, -0.25) is 0 Å². The molecule has 1 rings (SSSR count). The molecule has 0 aliphatic carbocycles. The van der Waals surface area contributed by atoms with Gasteiger partial charge in [0.2, 0.25) is 0 Å². The average molecular weight is 209 g/mol. The molecule has 0 aliphatic rings. The van der Waals surface area contributed by atoms with Crippen LogP contribution in [0.25, 0.3) is 0 Å². The van der Waals surface area contributed by atoms with Crippen molar-refractivity contribution >= 4 is 17.5 Å². The van der Waals surface area contributed by atoms with Crippen molar-refractivity contribution in [2.45, 2.75) is 19.9 Å². The molecule has 1 unspecified atom stereocenters. The van der Waals surface area contributed by atoms with Gasteiger partial charge in [0.15, 0.2) is 0 Å². The molecular weight excluding hydrogens is 194 g/mol. The summed E-state index contributed by atoms with van der Waals surface area (Å²) in [6.45, 7) is 3.86. The predicted molar refractivity (Wildman–Crippen MR) is 58.4 cm³/mol. The third-order valence-electron chi connectivity index (χ3n) is 1.79. The molecule has 1 aromatic rings. The van der Waals surface area contributed by atoms with E-state index in [0.29, 0.717) is 18.1 Å². The highest BCUT2D eigenvalue weighted by molar-refractivity contribution is 5.78. The van der Waals surface area contributed by atoms with E-state index in [-0.39, 0.29) is 5.97 Å². The van der Waals surface area contributed by atoms with E-state index >= 15 is 0 Å². The lowest BCUT2D eigenvalue weighted by molar-refractivity contribution is -0.143. The molecule has 5 nitrogen and oxygen atoms in total. The number of aromatic nitrogens is 1. The standard InChI is InChI=1S/C10H15N3O2/c1-3-15-10(14)7(2)13-9-5-4-8(11)6-12-9/h4-7H,3,11H2,1-2H3,(H,12,13). The maximum atomic E-state index is 11.3. The summed E-state index contributed by atoms with van der Waals surface area (Å²) in [5.74, 6) is 0.306. The molecule has 0 bridgehead atoms. The van der Waals surface area contributed by atoms with Crippen molar-refractivity contribution in [3.05, 3.63) is 18.3 Å². The van der Waals surface area contributed by atoms with Gasteiger partial charge in [-0.05, 0) is 26.0 Å². The highest BCUT2D eigenvalue weighted by Gasteiger charge is 2.13. The normalized spacial score (nSPS) is 11.9. The lowest BCUT2D eigenvalue weighted by Gasteiger charge is -2.12. The first-order valence-corrected chi connectivity index (χ1v) is 4.78. The van der Waals surface area contributed by atoms with E-state index in [0.717, 1.165) is 0 Å². The third kappa shape index (κ3) is 3.46. The Bertz CT molecular complexity index is 324. The molecule has 0 fully saturated rings. The molecular formula is C10H15N3O2. The fourth-order valence-corrected chi connectivity index (χ4v) is 1.04. The van der Waals surface area contributed by atoms with Crippen molar-refractivity contribution in [3.63, 3.8) is 0 Å². The first-order chi connectivity index (χ1) is 7.13. The predicted octanol–water partition coefficient (Wildman–Crippen LogP) is 1.03. The summed E-state index contributed by atoms with van der Waals surface area (Å²) >= 11 is 0. The molecule has 3 N–H and O–H groups in total. The number of esters is 1. The molecule has 82 valence electrons. The first kappa shape index (κ1) is 11.3. The fraction of sp³-hybridized carbons (Fsp3) is 0.400. The van der Waals surface area contributed by atoms with E-state index in [1.165, 1.54) is 6.20 Å². The van der Waals surface area contributed by atoms with Gasteiger partial charge in [-0.25, -0.2) is 9.78 Å². The molecule has 0 saturated heterocycles. The lowest BCUT2D eigenvalue weighted by Crippen LogP contribution is -2.28. The molecule has 0 saturated carbocycles. The number of ether oxygens (including phenoxy) is 1. The van der Waals surface area contributed by atoms with Gasteiger partial charge in [0.1, 0.15) is 11.9 Å². The largest absolute Gasteiger partial charge is 0.464 e. The Labute approximate surface area is 88.6 Å². The maximum Gasteiger partial charge on any atom is 0.328 e. The summed E-state index contributed by atoms with van der Waals surface area (Å²) < 4.78 is 4.85. The topological polar surface area (TPSA) is 77.2 Å². The Morgan fingerprint density at radius 2 is 2.40 bits per heavy atom. The third-order valence-corrected chi connectivity index (χ3v) is 1.79. The number of hydrogen-bond acceptors (Lipinski definition) is 5. The molecule has 0 aromatic carbocycles. The maximum absolute atomic E-state index is 11.3. The van der Waals surface area contributed by atoms with Crippen LogP contribution < -0.4 is 11.1 Å². The minimum atomic E-state index is -0.416. The van der Waals surface area contributed by atoms with Crippen LogP contribution >= 0.6 is 0 Å². The molecule has 0 spiro atoms. The quantitative estimate of drug-likeness (QED) is 0.724. The highest BCUT2D eigenvalue weighted by atomic mass is 16.5. The van der Waals surface area contributed by atoms with Crippen LogP contribution in [0.3, 0.4) is 0 Å².